The van der Waals surface area contributed by atoms with Gasteiger partial charge in [0.2, 0.25) is 0 Å². The Morgan fingerprint density at radius 2 is 1.84 bits per heavy atom. The monoisotopic (exact) mass is 407 g/mol. The smallest absolute Gasteiger partial charge is 0.282 e. The van der Waals surface area contributed by atoms with Gasteiger partial charge in [-0.15, -0.1) is 0 Å². The lowest BCUT2D eigenvalue weighted by Gasteiger charge is -2.22. The number of carbonyl (C=O) groups is 1. The van der Waals surface area contributed by atoms with Crippen LogP contribution in [0.2, 0.25) is 0 Å². The van der Waals surface area contributed by atoms with Crippen molar-refractivity contribution in [1.29, 1.82) is 0 Å². The van der Waals surface area contributed by atoms with E-state index in [0.29, 0.717) is 6.54 Å². The predicted octanol–water partition coefficient (Wildman–Crippen LogP) is 2.51. The van der Waals surface area contributed by atoms with Crippen LogP contribution in [0.5, 0.6) is 11.5 Å². The molecule has 0 saturated heterocycles. The number of anilines is 1. The number of rotatable bonds is 7. The van der Waals surface area contributed by atoms with Crippen molar-refractivity contribution in [3.63, 3.8) is 0 Å². The van der Waals surface area contributed by atoms with Crippen LogP contribution >= 0.6 is 15.9 Å². The quantitative estimate of drug-likeness (QED) is 0.741. The van der Waals surface area contributed by atoms with Crippen LogP contribution < -0.4 is 19.7 Å². The number of likely N-dealkylation sites (N-methyl/N-ethyl adjacent to an activating group) is 1. The van der Waals surface area contributed by atoms with E-state index in [2.05, 4.69) is 21.2 Å². The van der Waals surface area contributed by atoms with Crippen molar-refractivity contribution in [2.75, 3.05) is 26.6 Å². The molecule has 0 fully saturated rings. The predicted molar refractivity (Wildman–Crippen MR) is 102 cm³/mol. The summed E-state index contributed by atoms with van der Waals surface area (Å²) in [5, 5.41) is 2.95. The Hall–Kier alpha value is -2.05. The topological polar surface area (TPSA) is 52.0 Å². The number of quaternary nitrogens is 1. The zero-order valence-electron chi connectivity index (χ0n) is 14.9. The second kappa shape index (κ2) is 8.87. The molecule has 0 radical (unpaired) electrons. The lowest BCUT2D eigenvalue weighted by atomic mass is 10.1. The molecule has 0 saturated carbocycles. The lowest BCUT2D eigenvalue weighted by molar-refractivity contribution is -0.907. The average molecular weight is 408 g/mol. The van der Waals surface area contributed by atoms with Gasteiger partial charge >= 0.3 is 0 Å². The van der Waals surface area contributed by atoms with E-state index < -0.39 is 0 Å². The lowest BCUT2D eigenvalue weighted by Crippen LogP contribution is -3.12. The zero-order valence-corrected chi connectivity index (χ0v) is 16.5. The van der Waals surface area contributed by atoms with E-state index in [0.717, 1.165) is 32.1 Å². The number of hydrogen-bond acceptors (Lipinski definition) is 3. The first-order valence-corrected chi connectivity index (χ1v) is 8.83. The van der Waals surface area contributed by atoms with Gasteiger partial charge < -0.3 is 19.7 Å². The molecule has 1 amide bonds. The van der Waals surface area contributed by atoms with Crippen molar-refractivity contribution in [3.05, 3.63) is 52.5 Å². The third-order valence-corrected chi connectivity index (χ3v) is 4.74. The summed E-state index contributed by atoms with van der Waals surface area (Å²) in [6, 6.07) is 13.1. The van der Waals surface area contributed by atoms with Crippen LogP contribution in [0.3, 0.4) is 0 Å². The Kier molecular flexibility index (Phi) is 6.84. The highest BCUT2D eigenvalue weighted by atomic mass is 79.9. The molecular formula is C19H24BrN2O3+. The summed E-state index contributed by atoms with van der Waals surface area (Å²) < 4.78 is 11.6. The molecule has 2 aromatic carbocycles. The number of benzene rings is 2. The fourth-order valence-electron chi connectivity index (χ4n) is 2.46. The first-order valence-electron chi connectivity index (χ1n) is 8.04. The minimum Gasteiger partial charge on any atom is -0.497 e. The Labute approximate surface area is 157 Å². The fraction of sp³-hybridized carbons (Fsp3) is 0.316. The van der Waals surface area contributed by atoms with E-state index in [1.165, 1.54) is 0 Å². The molecule has 5 nitrogen and oxygen atoms in total. The SMILES string of the molecule is COc1ccc(C[NH+](C)[C@H](C)C(=O)Nc2ccc(Br)cc2)c(OC)c1. The van der Waals surface area contributed by atoms with Gasteiger partial charge in [-0.1, -0.05) is 15.9 Å². The highest BCUT2D eigenvalue weighted by Crippen LogP contribution is 2.23. The molecular weight excluding hydrogens is 384 g/mol. The maximum absolute atomic E-state index is 12.5. The molecule has 134 valence electrons. The molecule has 2 aromatic rings. The van der Waals surface area contributed by atoms with Gasteiger partial charge in [0.25, 0.3) is 5.91 Å². The summed E-state index contributed by atoms with van der Waals surface area (Å²) in [4.78, 5) is 13.6. The van der Waals surface area contributed by atoms with E-state index in [1.54, 1.807) is 14.2 Å². The van der Waals surface area contributed by atoms with Gasteiger partial charge in [-0.2, -0.15) is 0 Å². The Morgan fingerprint density at radius 1 is 1.16 bits per heavy atom. The van der Waals surface area contributed by atoms with Crippen molar-refractivity contribution in [2.24, 2.45) is 0 Å². The van der Waals surface area contributed by atoms with Crippen molar-refractivity contribution < 1.29 is 19.2 Å². The molecule has 0 bridgehead atoms. The number of methoxy groups -OCH3 is 2. The molecule has 25 heavy (non-hydrogen) atoms. The second-order valence-corrected chi connectivity index (χ2v) is 6.83. The van der Waals surface area contributed by atoms with Crippen LogP contribution in [0.15, 0.2) is 46.9 Å². The van der Waals surface area contributed by atoms with Crippen molar-refractivity contribution in [1.82, 2.24) is 0 Å². The molecule has 6 heteroatoms. The number of carbonyl (C=O) groups excluding carboxylic acids is 1. The van der Waals surface area contributed by atoms with Gasteiger partial charge in [0.1, 0.15) is 18.0 Å². The number of halogens is 1. The molecule has 2 atom stereocenters. The molecule has 0 aliphatic rings. The Morgan fingerprint density at radius 3 is 2.44 bits per heavy atom. The average Bonchev–Trinajstić information content (AvgIpc) is 2.63. The van der Waals surface area contributed by atoms with Crippen molar-refractivity contribution >= 4 is 27.5 Å². The van der Waals surface area contributed by atoms with E-state index in [-0.39, 0.29) is 11.9 Å². The fourth-order valence-corrected chi connectivity index (χ4v) is 2.72. The van der Waals surface area contributed by atoms with Crippen LogP contribution in [-0.4, -0.2) is 33.2 Å². The molecule has 0 spiro atoms. The number of amides is 1. The maximum atomic E-state index is 12.5. The first kappa shape index (κ1) is 19.3. The number of nitrogens with one attached hydrogen (secondary N) is 2. The summed E-state index contributed by atoms with van der Waals surface area (Å²) in [6.07, 6.45) is 0. The highest BCUT2D eigenvalue weighted by molar-refractivity contribution is 9.10. The first-order chi connectivity index (χ1) is 11.9. The van der Waals surface area contributed by atoms with Crippen LogP contribution in [0, 0.1) is 0 Å². The minimum atomic E-state index is -0.213. The Bertz CT molecular complexity index is 719. The number of hydrogen-bond donors (Lipinski definition) is 2. The van der Waals surface area contributed by atoms with Crippen LogP contribution in [-0.2, 0) is 11.3 Å². The van der Waals surface area contributed by atoms with Crippen LogP contribution in [0.4, 0.5) is 5.69 Å². The third-order valence-electron chi connectivity index (χ3n) is 4.21. The molecule has 2 N–H and O–H groups in total. The molecule has 0 aliphatic heterocycles. The van der Waals surface area contributed by atoms with Gasteiger partial charge in [-0.25, -0.2) is 0 Å². The summed E-state index contributed by atoms with van der Waals surface area (Å²) in [5.74, 6) is 1.49. The molecule has 0 heterocycles. The maximum Gasteiger partial charge on any atom is 0.282 e. The summed E-state index contributed by atoms with van der Waals surface area (Å²) >= 11 is 3.39. The van der Waals surface area contributed by atoms with Crippen LogP contribution in [0.1, 0.15) is 12.5 Å². The van der Waals surface area contributed by atoms with Gasteiger partial charge in [0.05, 0.1) is 21.3 Å². The summed E-state index contributed by atoms with van der Waals surface area (Å²) in [7, 11) is 5.26. The third kappa shape index (κ3) is 5.21. The second-order valence-electron chi connectivity index (χ2n) is 5.92. The molecule has 1 unspecified atom stereocenters. The van der Waals surface area contributed by atoms with Gasteiger partial charge in [-0.05, 0) is 43.3 Å². The van der Waals surface area contributed by atoms with Gasteiger partial charge in [-0.3, -0.25) is 4.79 Å². The molecule has 2 rings (SSSR count). The zero-order chi connectivity index (χ0) is 18.4. The minimum absolute atomic E-state index is 0.0210. The van der Waals surface area contributed by atoms with Crippen molar-refractivity contribution in [3.8, 4) is 11.5 Å². The van der Waals surface area contributed by atoms with Crippen LogP contribution in [0.25, 0.3) is 0 Å². The van der Waals surface area contributed by atoms with E-state index in [1.807, 2.05) is 56.4 Å². The Balaban J connectivity index is 2.03. The number of ether oxygens (including phenoxy) is 2. The summed E-state index contributed by atoms with van der Waals surface area (Å²) in [5.41, 5.74) is 1.82. The summed E-state index contributed by atoms with van der Waals surface area (Å²) in [6.45, 7) is 2.58. The van der Waals surface area contributed by atoms with E-state index in [9.17, 15) is 4.79 Å². The van der Waals surface area contributed by atoms with Gasteiger partial charge in [0.15, 0.2) is 6.04 Å². The standard InChI is InChI=1S/C19H23BrN2O3/c1-13(19(23)21-16-8-6-15(20)7-9-16)22(2)12-14-5-10-17(24-3)11-18(14)25-4/h5-11,13H,12H2,1-4H3,(H,21,23)/p+1/t13-/m1/s1. The van der Waals surface area contributed by atoms with E-state index in [4.69, 9.17) is 9.47 Å². The van der Waals surface area contributed by atoms with E-state index >= 15 is 0 Å². The van der Waals surface area contributed by atoms with Crippen molar-refractivity contribution in [2.45, 2.75) is 19.5 Å². The largest absolute Gasteiger partial charge is 0.497 e. The highest BCUT2D eigenvalue weighted by Gasteiger charge is 2.23. The molecule has 0 aromatic heterocycles. The normalized spacial score (nSPS) is 13.0. The molecule has 0 aliphatic carbocycles. The van der Waals surface area contributed by atoms with Gasteiger partial charge in [0, 0.05) is 21.8 Å².